The number of amides is 2. The number of aliphatic hydroxyl groups excluding tert-OH is 3. The van der Waals surface area contributed by atoms with Crippen LogP contribution in [0, 0.1) is 17.8 Å². The molecule has 0 saturated carbocycles. The van der Waals surface area contributed by atoms with Crippen LogP contribution in [-0.4, -0.2) is 56.5 Å². The van der Waals surface area contributed by atoms with Crippen LogP contribution < -0.4 is 0 Å². The molecule has 4 N–H and O–H groups in total. The molecule has 4 atom stereocenters. The van der Waals surface area contributed by atoms with Gasteiger partial charge in [0.05, 0.1) is 37.7 Å². The highest BCUT2D eigenvalue weighted by Crippen LogP contribution is 2.46. The molecule has 2 aromatic carbocycles. The third-order valence-electron chi connectivity index (χ3n) is 8.01. The predicted molar refractivity (Wildman–Crippen MR) is 154 cm³/mol. The lowest BCUT2D eigenvalue weighted by Crippen LogP contribution is -2.39. The maximum atomic E-state index is 13.5. The number of phenolic OH excluding ortho intramolecular Hbond substituents is 1. The van der Waals surface area contributed by atoms with Gasteiger partial charge in [-0.2, -0.15) is 0 Å². The summed E-state index contributed by atoms with van der Waals surface area (Å²) < 4.78 is 0. The second-order valence-corrected chi connectivity index (χ2v) is 11.4. The molecule has 0 radical (unpaired) electrons. The average Bonchev–Trinajstić information content (AvgIpc) is 3.58. The van der Waals surface area contributed by atoms with E-state index in [1.807, 2.05) is 66.1 Å². The minimum Gasteiger partial charge on any atom is -0.507 e. The summed E-state index contributed by atoms with van der Waals surface area (Å²) in [5, 5.41) is 44.4. The summed E-state index contributed by atoms with van der Waals surface area (Å²) in [6.07, 6.45) is 1.73. The van der Waals surface area contributed by atoms with Crippen LogP contribution in [0.3, 0.4) is 0 Å². The number of benzene rings is 2. The van der Waals surface area contributed by atoms with Crippen LogP contribution in [0.1, 0.15) is 35.3 Å². The van der Waals surface area contributed by atoms with E-state index >= 15 is 0 Å². The number of hydrogen-bond donors (Lipinski definition) is 4. The van der Waals surface area contributed by atoms with Crippen molar-refractivity contribution >= 4 is 34.8 Å². The maximum Gasteiger partial charge on any atom is 0.234 e. The first-order valence-electron chi connectivity index (χ1n) is 13.5. The van der Waals surface area contributed by atoms with Gasteiger partial charge in [0.1, 0.15) is 5.75 Å². The number of allylic oxidation sites excluding steroid dienone is 1. The molecule has 5 rings (SSSR count). The van der Waals surface area contributed by atoms with E-state index in [1.165, 1.54) is 16.2 Å². The summed E-state index contributed by atoms with van der Waals surface area (Å²) in [5.41, 5.74) is 3.47. The molecule has 8 heteroatoms. The molecular weight excluding hydrogens is 526 g/mol. The molecule has 3 aromatic rings. The van der Waals surface area contributed by atoms with E-state index in [-0.39, 0.29) is 43.6 Å². The number of para-hydroxylation sites is 1. The highest BCUT2D eigenvalue weighted by Gasteiger charge is 2.54. The van der Waals surface area contributed by atoms with Crippen LogP contribution in [0.25, 0.3) is 11.6 Å². The van der Waals surface area contributed by atoms with Gasteiger partial charge in [-0.3, -0.25) is 14.5 Å². The van der Waals surface area contributed by atoms with Crippen molar-refractivity contribution in [1.82, 2.24) is 4.90 Å². The molecule has 208 valence electrons. The number of fused-ring (bicyclic) bond motifs is 1. The lowest BCUT2D eigenvalue weighted by atomic mass is 9.68. The monoisotopic (exact) mass is 559 g/mol. The highest BCUT2D eigenvalue weighted by atomic mass is 32.1. The number of aromatic hydroxyl groups is 1. The fourth-order valence-electron chi connectivity index (χ4n) is 6.08. The van der Waals surface area contributed by atoms with Gasteiger partial charge in [-0.15, -0.1) is 11.3 Å². The molecule has 1 fully saturated rings. The number of carbonyl (C=O) groups is 2. The Labute approximate surface area is 237 Å². The molecule has 1 saturated heterocycles. The van der Waals surface area contributed by atoms with E-state index in [2.05, 4.69) is 0 Å². The quantitative estimate of drug-likeness (QED) is 0.168. The van der Waals surface area contributed by atoms with E-state index in [0.717, 1.165) is 16.0 Å². The molecule has 0 unspecified atom stereocenters. The Balaban J connectivity index is 1.41. The zero-order valence-electron chi connectivity index (χ0n) is 22.0. The van der Waals surface area contributed by atoms with Gasteiger partial charge in [-0.1, -0.05) is 54.6 Å². The number of nitrogens with zero attached hydrogens (tertiary/aromatic N) is 1. The third kappa shape index (κ3) is 5.53. The number of phenols is 1. The zero-order valence-corrected chi connectivity index (χ0v) is 22.8. The van der Waals surface area contributed by atoms with Crippen molar-refractivity contribution in [1.29, 1.82) is 0 Å². The molecule has 2 aliphatic rings. The lowest BCUT2D eigenvalue weighted by molar-refractivity contribution is -0.140. The van der Waals surface area contributed by atoms with Crippen molar-refractivity contribution in [3.8, 4) is 5.75 Å². The smallest absolute Gasteiger partial charge is 0.234 e. The van der Waals surface area contributed by atoms with Gasteiger partial charge in [0.15, 0.2) is 0 Å². The molecule has 1 aliphatic carbocycles. The minimum atomic E-state index is -1.04. The number of carbonyl (C=O) groups excluding carboxylic acids is 2. The van der Waals surface area contributed by atoms with Crippen LogP contribution >= 0.6 is 11.3 Å². The molecule has 40 heavy (non-hydrogen) atoms. The first-order chi connectivity index (χ1) is 19.4. The fraction of sp³-hybridized carbons (Fsp3) is 0.312. The van der Waals surface area contributed by atoms with E-state index in [0.29, 0.717) is 23.1 Å². The summed E-state index contributed by atoms with van der Waals surface area (Å²) in [5.74, 6) is -2.68. The normalized spacial score (nSPS) is 22.1. The standard InChI is InChI=1S/C32H33NO6S/c34-18-23-16-25-30(32(39)33(31(25)38)17-24-10-6-14-40-24)26(19-35)29(23)28(37)13-12-21(20-7-2-1-3-8-20)15-22-9-4-5-11-27(22)36/h1-11,14-15,25-26,28,30,34-37H,12-13,16-19H2/b21-15-/t25-,26+,28-,30-/m1/s1. The van der Waals surface area contributed by atoms with Crippen molar-refractivity contribution in [2.45, 2.75) is 31.9 Å². The second kappa shape index (κ2) is 12.3. The van der Waals surface area contributed by atoms with Crippen molar-refractivity contribution < 1.29 is 30.0 Å². The predicted octanol–water partition coefficient (Wildman–Crippen LogP) is 4.24. The summed E-state index contributed by atoms with van der Waals surface area (Å²) in [6, 6.07) is 20.4. The van der Waals surface area contributed by atoms with Gasteiger partial charge in [-0.25, -0.2) is 0 Å². The van der Waals surface area contributed by atoms with Crippen molar-refractivity contribution in [2.75, 3.05) is 13.2 Å². The second-order valence-electron chi connectivity index (χ2n) is 10.3. The van der Waals surface area contributed by atoms with Gasteiger partial charge < -0.3 is 20.4 Å². The molecule has 1 aliphatic heterocycles. The Hall–Kier alpha value is -3.56. The molecule has 2 heterocycles. The van der Waals surface area contributed by atoms with Gasteiger partial charge in [0, 0.05) is 16.4 Å². The first kappa shape index (κ1) is 28.0. The summed E-state index contributed by atoms with van der Waals surface area (Å²) in [6.45, 7) is -0.593. The van der Waals surface area contributed by atoms with Crippen molar-refractivity contribution in [3.05, 3.63) is 99.3 Å². The van der Waals surface area contributed by atoms with E-state index in [1.54, 1.807) is 12.1 Å². The molecule has 0 spiro atoms. The average molecular weight is 560 g/mol. The van der Waals surface area contributed by atoms with Crippen LogP contribution in [0.15, 0.2) is 83.3 Å². The number of imide groups is 1. The third-order valence-corrected chi connectivity index (χ3v) is 8.88. The number of thiophene rings is 1. The largest absolute Gasteiger partial charge is 0.507 e. The van der Waals surface area contributed by atoms with E-state index in [9.17, 15) is 30.0 Å². The number of likely N-dealkylation sites (tertiary alicyclic amines) is 1. The molecule has 1 aromatic heterocycles. The van der Waals surface area contributed by atoms with Crippen molar-refractivity contribution in [3.63, 3.8) is 0 Å². The Bertz CT molecular complexity index is 1410. The lowest BCUT2D eigenvalue weighted by Gasteiger charge is -2.36. The van der Waals surface area contributed by atoms with Crippen molar-refractivity contribution in [2.24, 2.45) is 17.8 Å². The summed E-state index contributed by atoms with van der Waals surface area (Å²) in [7, 11) is 0. The number of hydrogen-bond acceptors (Lipinski definition) is 7. The zero-order chi connectivity index (χ0) is 28.2. The minimum absolute atomic E-state index is 0.150. The van der Waals surface area contributed by atoms with Crippen LogP contribution in [0.4, 0.5) is 0 Å². The SMILES string of the molecule is O=C1[C@@H]2[C@@H](CC(CO)=C([C@H](O)CC/C(=C/c3ccccc3O)c3ccccc3)[C@@H]2CO)C(=O)N1Cc1cccs1. The Morgan fingerprint density at radius 2 is 1.75 bits per heavy atom. The number of aliphatic hydroxyl groups is 3. The Morgan fingerprint density at radius 1 is 1.00 bits per heavy atom. The van der Waals surface area contributed by atoms with Gasteiger partial charge in [-0.05, 0) is 65.1 Å². The van der Waals surface area contributed by atoms with Gasteiger partial charge in [0.25, 0.3) is 0 Å². The van der Waals surface area contributed by atoms with Gasteiger partial charge >= 0.3 is 0 Å². The molecule has 7 nitrogen and oxygen atoms in total. The topological polar surface area (TPSA) is 118 Å². The highest BCUT2D eigenvalue weighted by molar-refractivity contribution is 7.09. The Kier molecular flexibility index (Phi) is 8.61. The van der Waals surface area contributed by atoms with Gasteiger partial charge in [0.2, 0.25) is 11.8 Å². The summed E-state index contributed by atoms with van der Waals surface area (Å²) in [4.78, 5) is 28.9. The first-order valence-corrected chi connectivity index (χ1v) is 14.3. The number of rotatable bonds is 10. The molecular formula is C32H33NO6S. The van der Waals surface area contributed by atoms with Crippen LogP contribution in [0.2, 0.25) is 0 Å². The fourth-order valence-corrected chi connectivity index (χ4v) is 6.77. The van der Waals surface area contributed by atoms with E-state index in [4.69, 9.17) is 0 Å². The van der Waals surface area contributed by atoms with Crippen LogP contribution in [0.5, 0.6) is 5.75 Å². The van der Waals surface area contributed by atoms with E-state index < -0.39 is 30.5 Å². The van der Waals surface area contributed by atoms with Crippen LogP contribution in [-0.2, 0) is 16.1 Å². The Morgan fingerprint density at radius 3 is 2.42 bits per heavy atom. The summed E-state index contributed by atoms with van der Waals surface area (Å²) >= 11 is 1.47. The molecule has 2 amide bonds. The molecule has 0 bridgehead atoms. The maximum absolute atomic E-state index is 13.5.